The minimum absolute atomic E-state index is 0.166. The van der Waals surface area contributed by atoms with Gasteiger partial charge in [0.1, 0.15) is 17.8 Å². The van der Waals surface area contributed by atoms with Crippen molar-refractivity contribution in [3.8, 4) is 0 Å². The summed E-state index contributed by atoms with van der Waals surface area (Å²) in [5.74, 6) is 0.452. The molecule has 0 unspecified atom stereocenters. The fraction of sp³-hybridized carbons (Fsp3) is 0.353. The number of nitrogens with one attached hydrogen (secondary N) is 2. The number of aryl methyl sites for hydroxylation is 2. The Morgan fingerprint density at radius 3 is 2.59 bits per heavy atom. The molecule has 0 radical (unpaired) electrons. The van der Waals surface area contributed by atoms with Crippen molar-refractivity contribution in [3.63, 3.8) is 0 Å². The Morgan fingerprint density at radius 1 is 1.18 bits per heavy atom. The van der Waals surface area contributed by atoms with E-state index in [4.69, 9.17) is 0 Å². The van der Waals surface area contributed by atoms with Crippen LogP contribution in [0.5, 0.6) is 0 Å². The molecule has 0 saturated carbocycles. The zero-order valence-corrected chi connectivity index (χ0v) is 13.3. The van der Waals surface area contributed by atoms with Crippen molar-refractivity contribution in [1.82, 2.24) is 15.3 Å². The summed E-state index contributed by atoms with van der Waals surface area (Å²) in [5, 5.41) is 6.13. The third-order valence-corrected chi connectivity index (χ3v) is 3.45. The number of amides is 1. The topological polar surface area (TPSA) is 66.9 Å². The van der Waals surface area contributed by atoms with E-state index >= 15 is 0 Å². The highest BCUT2D eigenvalue weighted by Crippen LogP contribution is 2.23. The molecule has 2 rings (SSSR count). The summed E-state index contributed by atoms with van der Waals surface area (Å²) in [5.41, 5.74) is 3.65. The maximum Gasteiger partial charge on any atom is 0.270 e. The average Bonchev–Trinajstić information content (AvgIpc) is 2.51. The Kier molecular flexibility index (Phi) is 5.47. The van der Waals surface area contributed by atoms with Crippen LogP contribution < -0.4 is 10.6 Å². The van der Waals surface area contributed by atoms with Crippen molar-refractivity contribution in [2.45, 2.75) is 33.6 Å². The second-order valence-corrected chi connectivity index (χ2v) is 5.29. The maximum atomic E-state index is 12.0. The lowest BCUT2D eigenvalue weighted by Crippen LogP contribution is -2.25. The number of carbonyl (C=O) groups excluding carboxylic acids is 1. The van der Waals surface area contributed by atoms with Crippen LogP contribution >= 0.6 is 0 Å². The van der Waals surface area contributed by atoms with Crippen molar-refractivity contribution in [3.05, 3.63) is 47.4 Å². The molecule has 116 valence electrons. The maximum absolute atomic E-state index is 12.0. The van der Waals surface area contributed by atoms with Gasteiger partial charge in [0, 0.05) is 18.3 Å². The highest BCUT2D eigenvalue weighted by atomic mass is 16.1. The highest BCUT2D eigenvalue weighted by molar-refractivity contribution is 5.93. The Balaban J connectivity index is 2.13. The molecule has 0 aliphatic heterocycles. The Hall–Kier alpha value is -2.43. The molecule has 0 bridgehead atoms. The van der Waals surface area contributed by atoms with Gasteiger partial charge in [-0.1, -0.05) is 31.5 Å². The van der Waals surface area contributed by atoms with Crippen LogP contribution in [0.2, 0.25) is 0 Å². The molecule has 0 spiro atoms. The second-order valence-electron chi connectivity index (χ2n) is 5.29. The number of benzene rings is 1. The molecule has 2 aromatic rings. The predicted octanol–water partition coefficient (Wildman–Crippen LogP) is 3.37. The zero-order chi connectivity index (χ0) is 15.9. The Bertz CT molecular complexity index is 635. The number of aromatic nitrogens is 2. The third kappa shape index (κ3) is 4.04. The number of rotatable bonds is 6. The van der Waals surface area contributed by atoms with Gasteiger partial charge in [-0.05, 0) is 31.4 Å². The van der Waals surface area contributed by atoms with Crippen LogP contribution in [0.3, 0.4) is 0 Å². The first-order chi connectivity index (χ1) is 10.6. The molecular formula is C17H22N4O. The predicted molar refractivity (Wildman–Crippen MR) is 88.5 cm³/mol. The normalized spacial score (nSPS) is 10.3. The van der Waals surface area contributed by atoms with Crippen molar-refractivity contribution < 1.29 is 4.79 Å². The summed E-state index contributed by atoms with van der Waals surface area (Å²) in [7, 11) is 0. The number of hydrogen-bond acceptors (Lipinski definition) is 4. The van der Waals surface area contributed by atoms with Gasteiger partial charge in [0.25, 0.3) is 5.91 Å². The van der Waals surface area contributed by atoms with E-state index in [2.05, 4.69) is 27.5 Å². The van der Waals surface area contributed by atoms with Gasteiger partial charge in [0.15, 0.2) is 0 Å². The molecule has 5 nitrogen and oxygen atoms in total. The first-order valence-corrected chi connectivity index (χ1v) is 7.55. The minimum atomic E-state index is -0.166. The van der Waals surface area contributed by atoms with Crippen LogP contribution in [-0.4, -0.2) is 22.4 Å². The summed E-state index contributed by atoms with van der Waals surface area (Å²) in [6.45, 7) is 6.83. The number of unbranched alkanes of at least 4 members (excludes halogenated alkanes) is 1. The molecule has 1 aromatic heterocycles. The minimum Gasteiger partial charge on any atom is -0.351 e. The van der Waals surface area contributed by atoms with E-state index in [1.807, 2.05) is 32.0 Å². The number of para-hydroxylation sites is 1. The lowest BCUT2D eigenvalue weighted by Gasteiger charge is -2.12. The standard InChI is InChI=1S/C17H22N4O/c1-4-5-9-18-17(22)14-10-15(20-11-19-14)21-16-12(2)7-6-8-13(16)3/h6-8,10-11H,4-5,9H2,1-3H3,(H,18,22)(H,19,20,21). The monoisotopic (exact) mass is 298 g/mol. The van der Waals surface area contributed by atoms with Crippen LogP contribution in [-0.2, 0) is 0 Å². The van der Waals surface area contributed by atoms with E-state index in [1.54, 1.807) is 6.07 Å². The van der Waals surface area contributed by atoms with Crippen LogP contribution in [0.1, 0.15) is 41.4 Å². The molecule has 1 aromatic carbocycles. The van der Waals surface area contributed by atoms with Gasteiger partial charge in [0.05, 0.1) is 0 Å². The molecule has 0 aliphatic rings. The van der Waals surface area contributed by atoms with Gasteiger partial charge in [-0.25, -0.2) is 9.97 Å². The van der Waals surface area contributed by atoms with Crippen LogP contribution in [0, 0.1) is 13.8 Å². The van der Waals surface area contributed by atoms with Gasteiger partial charge in [-0.15, -0.1) is 0 Å². The van der Waals surface area contributed by atoms with Crippen molar-refractivity contribution in [2.75, 3.05) is 11.9 Å². The van der Waals surface area contributed by atoms with Crippen LogP contribution in [0.25, 0.3) is 0 Å². The molecule has 22 heavy (non-hydrogen) atoms. The van der Waals surface area contributed by atoms with E-state index < -0.39 is 0 Å². The Labute approximate surface area is 131 Å². The van der Waals surface area contributed by atoms with E-state index in [0.29, 0.717) is 18.1 Å². The highest BCUT2D eigenvalue weighted by Gasteiger charge is 2.09. The van der Waals surface area contributed by atoms with E-state index in [-0.39, 0.29) is 5.91 Å². The van der Waals surface area contributed by atoms with Gasteiger partial charge in [-0.2, -0.15) is 0 Å². The molecular weight excluding hydrogens is 276 g/mol. The second kappa shape index (κ2) is 7.54. The first-order valence-electron chi connectivity index (χ1n) is 7.55. The van der Waals surface area contributed by atoms with Crippen molar-refractivity contribution in [2.24, 2.45) is 0 Å². The molecule has 1 amide bonds. The van der Waals surface area contributed by atoms with Crippen molar-refractivity contribution in [1.29, 1.82) is 0 Å². The lowest BCUT2D eigenvalue weighted by atomic mass is 10.1. The molecule has 5 heteroatoms. The zero-order valence-electron chi connectivity index (χ0n) is 13.3. The summed E-state index contributed by atoms with van der Waals surface area (Å²) in [6, 6.07) is 7.76. The quantitative estimate of drug-likeness (QED) is 0.802. The van der Waals surface area contributed by atoms with Crippen molar-refractivity contribution >= 4 is 17.4 Å². The third-order valence-electron chi connectivity index (χ3n) is 3.45. The smallest absolute Gasteiger partial charge is 0.270 e. The van der Waals surface area contributed by atoms with Gasteiger partial charge in [-0.3, -0.25) is 4.79 Å². The summed E-state index contributed by atoms with van der Waals surface area (Å²) in [4.78, 5) is 20.3. The fourth-order valence-corrected chi connectivity index (χ4v) is 2.16. The summed E-state index contributed by atoms with van der Waals surface area (Å²) >= 11 is 0. The first kappa shape index (κ1) is 15.9. The van der Waals surface area contributed by atoms with Gasteiger partial charge >= 0.3 is 0 Å². The average molecular weight is 298 g/mol. The van der Waals surface area contributed by atoms with E-state index in [0.717, 1.165) is 29.7 Å². The Morgan fingerprint density at radius 2 is 1.91 bits per heavy atom. The SMILES string of the molecule is CCCCNC(=O)c1cc(Nc2c(C)cccc2C)ncn1. The number of anilines is 2. The fourth-order valence-electron chi connectivity index (χ4n) is 2.16. The molecule has 2 N–H and O–H groups in total. The van der Waals surface area contributed by atoms with Crippen LogP contribution in [0.15, 0.2) is 30.6 Å². The number of carbonyl (C=O) groups is 1. The number of hydrogen-bond donors (Lipinski definition) is 2. The summed E-state index contributed by atoms with van der Waals surface area (Å²) in [6.07, 6.45) is 3.42. The van der Waals surface area contributed by atoms with Gasteiger partial charge in [0.2, 0.25) is 0 Å². The van der Waals surface area contributed by atoms with Gasteiger partial charge < -0.3 is 10.6 Å². The lowest BCUT2D eigenvalue weighted by molar-refractivity contribution is 0.0948. The van der Waals surface area contributed by atoms with E-state index in [9.17, 15) is 4.79 Å². The molecule has 1 heterocycles. The molecule has 0 saturated heterocycles. The largest absolute Gasteiger partial charge is 0.351 e. The summed E-state index contributed by atoms with van der Waals surface area (Å²) < 4.78 is 0. The van der Waals surface area contributed by atoms with E-state index in [1.165, 1.54) is 6.33 Å². The molecule has 0 atom stereocenters. The molecule has 0 fully saturated rings. The number of nitrogens with zero attached hydrogens (tertiary/aromatic N) is 2. The van der Waals surface area contributed by atoms with Crippen LogP contribution in [0.4, 0.5) is 11.5 Å². The molecule has 0 aliphatic carbocycles.